The molecule has 0 N–H and O–H groups in total. The first-order valence-corrected chi connectivity index (χ1v) is 2.90. The fraction of sp³-hybridized carbons (Fsp3) is 0.667. The van der Waals surface area contributed by atoms with E-state index in [-0.39, 0.29) is 0 Å². The maximum atomic E-state index is 10.3. The van der Waals surface area contributed by atoms with Crippen molar-refractivity contribution >= 4 is 12.4 Å². The molecular formula is C6H9O4. The molecule has 4 nitrogen and oxygen atoms in total. The summed E-state index contributed by atoms with van der Waals surface area (Å²) in [5.41, 5.74) is 0. The Morgan fingerprint density at radius 3 is 2.60 bits per heavy atom. The second-order valence-corrected chi connectivity index (χ2v) is 1.65. The molecule has 0 aliphatic carbocycles. The molecule has 10 heavy (non-hydrogen) atoms. The van der Waals surface area contributed by atoms with E-state index in [1.807, 2.05) is 0 Å². The van der Waals surface area contributed by atoms with Crippen LogP contribution in [0.3, 0.4) is 0 Å². The summed E-state index contributed by atoms with van der Waals surface area (Å²) in [6.07, 6.45) is -0.343. The Kier molecular flexibility index (Phi) is 4.28. The molecular weight excluding hydrogens is 136 g/mol. The molecule has 0 aliphatic heterocycles. The second kappa shape index (κ2) is 4.78. The molecule has 1 radical (unpaired) electrons. The van der Waals surface area contributed by atoms with Crippen molar-refractivity contribution in [2.45, 2.75) is 26.6 Å². The maximum Gasteiger partial charge on any atom is 0.420 e. The van der Waals surface area contributed by atoms with E-state index in [2.05, 4.69) is 9.47 Å². The van der Waals surface area contributed by atoms with Gasteiger partial charge in [-0.3, -0.25) is 4.79 Å². The molecule has 1 atom stereocenters. The largest absolute Gasteiger partial charge is 0.425 e. The topological polar surface area (TPSA) is 52.6 Å². The lowest BCUT2D eigenvalue weighted by Gasteiger charge is -2.10. The molecule has 0 amide bonds. The summed E-state index contributed by atoms with van der Waals surface area (Å²) in [4.78, 5) is 19.9. The maximum absolute atomic E-state index is 10.3. The van der Waals surface area contributed by atoms with Crippen molar-refractivity contribution in [3.8, 4) is 0 Å². The molecule has 0 aromatic rings. The molecule has 0 saturated carbocycles. The van der Waals surface area contributed by atoms with Gasteiger partial charge >= 0.3 is 12.4 Å². The lowest BCUT2D eigenvalue weighted by atomic mass is 10.5. The monoisotopic (exact) mass is 145 g/mol. The van der Waals surface area contributed by atoms with Gasteiger partial charge in [0.05, 0.1) is 0 Å². The third-order valence-electron chi connectivity index (χ3n) is 0.810. The first-order valence-electron chi connectivity index (χ1n) is 2.90. The Hall–Kier alpha value is -1.06. The van der Waals surface area contributed by atoms with Crippen LogP contribution < -0.4 is 0 Å². The molecule has 4 heteroatoms. The van der Waals surface area contributed by atoms with Crippen LogP contribution in [0.1, 0.15) is 20.3 Å². The van der Waals surface area contributed by atoms with Gasteiger partial charge in [-0.2, -0.15) is 0 Å². The van der Waals surface area contributed by atoms with Gasteiger partial charge in [-0.1, -0.05) is 6.92 Å². The minimum Gasteiger partial charge on any atom is -0.425 e. The van der Waals surface area contributed by atoms with E-state index in [0.29, 0.717) is 6.42 Å². The molecule has 0 heterocycles. The zero-order valence-electron chi connectivity index (χ0n) is 5.92. The van der Waals surface area contributed by atoms with Gasteiger partial charge in [0.2, 0.25) is 6.29 Å². The Balaban J connectivity index is 3.59. The molecule has 0 aromatic heterocycles. The van der Waals surface area contributed by atoms with Gasteiger partial charge in [-0.25, -0.2) is 4.79 Å². The molecule has 0 spiro atoms. The predicted octanol–water partition coefficient (Wildman–Crippen LogP) is 0.369. The van der Waals surface area contributed by atoms with Crippen LogP contribution in [0, 0.1) is 0 Å². The van der Waals surface area contributed by atoms with E-state index in [0.717, 1.165) is 0 Å². The molecule has 57 valence electrons. The van der Waals surface area contributed by atoms with E-state index in [1.54, 1.807) is 6.92 Å². The van der Waals surface area contributed by atoms with Crippen molar-refractivity contribution in [2.75, 3.05) is 0 Å². The summed E-state index contributed by atoms with van der Waals surface area (Å²) >= 11 is 0. The van der Waals surface area contributed by atoms with Gasteiger partial charge < -0.3 is 9.47 Å². The lowest BCUT2D eigenvalue weighted by molar-refractivity contribution is -0.162. The Morgan fingerprint density at radius 2 is 2.30 bits per heavy atom. The van der Waals surface area contributed by atoms with Gasteiger partial charge in [0.1, 0.15) is 0 Å². The van der Waals surface area contributed by atoms with E-state index in [9.17, 15) is 9.59 Å². The lowest BCUT2D eigenvalue weighted by Crippen LogP contribution is -2.17. The first kappa shape index (κ1) is 8.94. The molecule has 0 bridgehead atoms. The van der Waals surface area contributed by atoms with E-state index in [4.69, 9.17) is 0 Å². The van der Waals surface area contributed by atoms with Gasteiger partial charge in [0.25, 0.3) is 0 Å². The Morgan fingerprint density at radius 1 is 1.70 bits per heavy atom. The minimum absolute atomic E-state index is 0.439. The van der Waals surface area contributed by atoms with Crippen molar-refractivity contribution in [1.82, 2.24) is 0 Å². The zero-order valence-corrected chi connectivity index (χ0v) is 5.92. The predicted molar refractivity (Wildman–Crippen MR) is 32.6 cm³/mol. The van der Waals surface area contributed by atoms with Crippen LogP contribution >= 0.6 is 0 Å². The van der Waals surface area contributed by atoms with Crippen molar-refractivity contribution in [3.63, 3.8) is 0 Å². The van der Waals surface area contributed by atoms with Crippen LogP contribution in [0.15, 0.2) is 0 Å². The smallest absolute Gasteiger partial charge is 0.420 e. The molecule has 0 aromatic carbocycles. The summed E-state index contributed by atoms with van der Waals surface area (Å²) in [6, 6.07) is 0. The molecule has 0 rings (SSSR count). The first-order chi connectivity index (χ1) is 4.70. The van der Waals surface area contributed by atoms with E-state index < -0.39 is 12.3 Å². The van der Waals surface area contributed by atoms with Crippen LogP contribution in [0.5, 0.6) is 0 Å². The highest BCUT2D eigenvalue weighted by molar-refractivity contribution is 5.66. The fourth-order valence-electron chi connectivity index (χ4n) is 0.429. The average Bonchev–Trinajstić information content (AvgIpc) is 1.86. The van der Waals surface area contributed by atoms with Gasteiger partial charge in [0, 0.05) is 13.3 Å². The SMILES string of the molecule is CCC(O[C]=O)OC(C)=O. The molecule has 0 aliphatic rings. The van der Waals surface area contributed by atoms with Crippen molar-refractivity contribution < 1.29 is 19.1 Å². The fourth-order valence-corrected chi connectivity index (χ4v) is 0.429. The molecule has 1 unspecified atom stereocenters. The van der Waals surface area contributed by atoms with E-state index >= 15 is 0 Å². The third kappa shape index (κ3) is 3.88. The Bertz CT molecular complexity index is 121. The Labute approximate surface area is 59.1 Å². The highest BCUT2D eigenvalue weighted by Gasteiger charge is 2.08. The summed E-state index contributed by atoms with van der Waals surface area (Å²) in [6.45, 7) is 4.17. The summed E-state index contributed by atoms with van der Waals surface area (Å²) < 4.78 is 8.77. The van der Waals surface area contributed by atoms with Crippen molar-refractivity contribution in [3.05, 3.63) is 0 Å². The van der Waals surface area contributed by atoms with Crippen LogP contribution in [-0.2, 0) is 19.1 Å². The number of esters is 1. The van der Waals surface area contributed by atoms with Crippen LogP contribution in [-0.4, -0.2) is 18.7 Å². The van der Waals surface area contributed by atoms with Crippen LogP contribution in [0.4, 0.5) is 0 Å². The molecule has 0 saturated heterocycles. The summed E-state index contributed by atoms with van der Waals surface area (Å²) in [7, 11) is 0. The average molecular weight is 145 g/mol. The summed E-state index contributed by atoms with van der Waals surface area (Å²) in [5, 5.41) is 0. The minimum atomic E-state index is -0.782. The quantitative estimate of drug-likeness (QED) is 0.423. The highest BCUT2D eigenvalue weighted by Crippen LogP contribution is 1.97. The number of hydrogen-bond acceptors (Lipinski definition) is 4. The zero-order chi connectivity index (χ0) is 7.98. The number of hydrogen-bond donors (Lipinski definition) is 0. The van der Waals surface area contributed by atoms with Gasteiger partial charge in [-0.05, 0) is 0 Å². The van der Waals surface area contributed by atoms with Crippen molar-refractivity contribution in [2.24, 2.45) is 0 Å². The summed E-state index contributed by atoms with van der Waals surface area (Å²) in [5.74, 6) is -0.470. The number of carbonyl (C=O) groups excluding carboxylic acids is 2. The van der Waals surface area contributed by atoms with Crippen molar-refractivity contribution in [1.29, 1.82) is 0 Å². The number of carbonyl (C=O) groups is 1. The van der Waals surface area contributed by atoms with E-state index in [1.165, 1.54) is 13.4 Å². The molecule has 0 fully saturated rings. The van der Waals surface area contributed by atoms with Gasteiger partial charge in [0.15, 0.2) is 0 Å². The van der Waals surface area contributed by atoms with Gasteiger partial charge in [-0.15, -0.1) is 0 Å². The number of rotatable bonds is 4. The van der Waals surface area contributed by atoms with Crippen LogP contribution in [0.2, 0.25) is 0 Å². The normalized spacial score (nSPS) is 11.8. The third-order valence-corrected chi connectivity index (χ3v) is 0.810. The highest BCUT2D eigenvalue weighted by atomic mass is 16.7. The second-order valence-electron chi connectivity index (χ2n) is 1.65. The standard InChI is InChI=1S/C6H9O4/c1-3-6(9-4-7)10-5(2)8/h6H,3H2,1-2H3. The number of ether oxygens (including phenoxy) is 2. The van der Waals surface area contributed by atoms with Crippen LogP contribution in [0.25, 0.3) is 0 Å².